The van der Waals surface area contributed by atoms with Crippen molar-refractivity contribution < 1.29 is 14.3 Å². The van der Waals surface area contributed by atoms with Gasteiger partial charge in [0.15, 0.2) is 6.29 Å². The fraction of sp³-hybridized carbons (Fsp3) is 0.727. The molecule has 1 aliphatic rings. The second-order valence-electron chi connectivity index (χ2n) is 3.55. The van der Waals surface area contributed by atoms with Gasteiger partial charge in [0.25, 0.3) is 0 Å². The Kier molecular flexibility index (Phi) is 5.16. The van der Waals surface area contributed by atoms with Crippen LogP contribution in [0.1, 0.15) is 26.2 Å². The molecule has 0 spiro atoms. The van der Waals surface area contributed by atoms with Crippen molar-refractivity contribution in [1.29, 1.82) is 0 Å². The molecule has 1 heterocycles. The number of rotatable bonds is 4. The fourth-order valence-electron chi connectivity index (χ4n) is 1.42. The van der Waals surface area contributed by atoms with E-state index in [4.69, 9.17) is 15.9 Å². The van der Waals surface area contributed by atoms with Crippen LogP contribution in [0, 0.1) is 12.3 Å². The summed E-state index contributed by atoms with van der Waals surface area (Å²) in [6.07, 6.45) is 8.19. The lowest BCUT2D eigenvalue weighted by molar-refractivity contribution is -0.164. The number of hydrogen-bond donors (Lipinski definition) is 1. The predicted octanol–water partition coefficient (Wildman–Crippen LogP) is 0.667. The van der Waals surface area contributed by atoms with Crippen molar-refractivity contribution >= 4 is 5.91 Å². The molecule has 0 aliphatic carbocycles. The first-order valence-electron chi connectivity index (χ1n) is 5.19. The van der Waals surface area contributed by atoms with Crippen molar-refractivity contribution in [3.8, 4) is 12.3 Å². The van der Waals surface area contributed by atoms with Crippen LogP contribution in [0.3, 0.4) is 0 Å². The topological polar surface area (TPSA) is 47.6 Å². The zero-order chi connectivity index (χ0) is 11.1. The van der Waals surface area contributed by atoms with E-state index in [0.29, 0.717) is 6.61 Å². The van der Waals surface area contributed by atoms with Crippen LogP contribution in [0.5, 0.6) is 0 Å². The van der Waals surface area contributed by atoms with Crippen molar-refractivity contribution in [2.45, 2.75) is 38.5 Å². The smallest absolute Gasteiger partial charge is 0.217 e. The highest BCUT2D eigenvalue weighted by Crippen LogP contribution is 2.13. The van der Waals surface area contributed by atoms with Crippen LogP contribution >= 0.6 is 0 Å². The summed E-state index contributed by atoms with van der Waals surface area (Å²) in [6, 6.07) is -0.368. The van der Waals surface area contributed by atoms with E-state index >= 15 is 0 Å². The van der Waals surface area contributed by atoms with Gasteiger partial charge in [0.1, 0.15) is 6.04 Å². The van der Waals surface area contributed by atoms with E-state index < -0.39 is 0 Å². The van der Waals surface area contributed by atoms with Crippen LogP contribution in [0.25, 0.3) is 0 Å². The molecule has 0 bridgehead atoms. The van der Waals surface area contributed by atoms with Crippen molar-refractivity contribution in [3.05, 3.63) is 0 Å². The Hall–Kier alpha value is -1.05. The van der Waals surface area contributed by atoms with E-state index in [9.17, 15) is 4.79 Å². The molecule has 2 atom stereocenters. The van der Waals surface area contributed by atoms with Gasteiger partial charge in [0, 0.05) is 13.5 Å². The van der Waals surface area contributed by atoms with Crippen molar-refractivity contribution in [2.75, 3.05) is 13.2 Å². The number of hydrogen-bond acceptors (Lipinski definition) is 3. The van der Waals surface area contributed by atoms with E-state index in [2.05, 4.69) is 11.2 Å². The van der Waals surface area contributed by atoms with E-state index in [1.54, 1.807) is 0 Å². The minimum atomic E-state index is -0.368. The Morgan fingerprint density at radius 1 is 1.73 bits per heavy atom. The lowest BCUT2D eigenvalue weighted by Gasteiger charge is -2.24. The quantitative estimate of drug-likeness (QED) is 0.695. The number of ether oxygens (including phenoxy) is 2. The Morgan fingerprint density at radius 2 is 2.53 bits per heavy atom. The molecule has 1 saturated heterocycles. The molecule has 1 fully saturated rings. The van der Waals surface area contributed by atoms with Crippen LogP contribution < -0.4 is 5.32 Å². The number of carbonyl (C=O) groups is 1. The highest BCUT2D eigenvalue weighted by Gasteiger charge is 2.16. The molecule has 0 saturated carbocycles. The van der Waals surface area contributed by atoms with E-state index in [1.165, 1.54) is 6.92 Å². The molecule has 0 aromatic rings. The summed E-state index contributed by atoms with van der Waals surface area (Å²) in [7, 11) is 0. The standard InChI is InChI=1S/C11H17NO3/c1-3-10(12-9(2)13)8-15-11-6-4-5-7-14-11/h1,10-11H,4-8H2,2H3,(H,12,13). The van der Waals surface area contributed by atoms with Gasteiger partial charge in [-0.15, -0.1) is 6.42 Å². The minimum absolute atomic E-state index is 0.147. The van der Waals surface area contributed by atoms with Crippen molar-refractivity contribution in [3.63, 3.8) is 0 Å². The largest absolute Gasteiger partial charge is 0.353 e. The average Bonchev–Trinajstić information content (AvgIpc) is 2.25. The van der Waals surface area contributed by atoms with Gasteiger partial charge in [-0.3, -0.25) is 4.79 Å². The lowest BCUT2D eigenvalue weighted by Crippen LogP contribution is -2.37. The molecule has 1 aliphatic heterocycles. The van der Waals surface area contributed by atoms with Crippen molar-refractivity contribution in [2.24, 2.45) is 0 Å². The second kappa shape index (κ2) is 6.44. The zero-order valence-corrected chi connectivity index (χ0v) is 8.99. The Morgan fingerprint density at radius 3 is 3.07 bits per heavy atom. The molecule has 1 amide bonds. The number of nitrogens with one attached hydrogen (secondary N) is 1. The summed E-state index contributed by atoms with van der Waals surface area (Å²) in [5.41, 5.74) is 0. The van der Waals surface area contributed by atoms with Gasteiger partial charge in [0.2, 0.25) is 5.91 Å². The summed E-state index contributed by atoms with van der Waals surface area (Å²) in [6.45, 7) is 2.48. The van der Waals surface area contributed by atoms with Gasteiger partial charge in [-0.05, 0) is 19.3 Å². The van der Waals surface area contributed by atoms with Crippen LogP contribution in [0.15, 0.2) is 0 Å². The van der Waals surface area contributed by atoms with Crippen molar-refractivity contribution in [1.82, 2.24) is 5.32 Å². The molecule has 15 heavy (non-hydrogen) atoms. The Balaban J connectivity index is 2.21. The monoisotopic (exact) mass is 211 g/mol. The van der Waals surface area contributed by atoms with Crippen LogP contribution in [-0.2, 0) is 14.3 Å². The fourth-order valence-corrected chi connectivity index (χ4v) is 1.42. The van der Waals surface area contributed by atoms with Gasteiger partial charge >= 0.3 is 0 Å². The molecule has 2 unspecified atom stereocenters. The summed E-state index contributed by atoms with van der Waals surface area (Å²) in [5.74, 6) is 2.31. The van der Waals surface area contributed by atoms with Gasteiger partial charge in [-0.1, -0.05) is 5.92 Å². The molecule has 0 aromatic heterocycles. The maximum Gasteiger partial charge on any atom is 0.217 e. The van der Waals surface area contributed by atoms with E-state index in [1.807, 2.05) is 0 Å². The maximum absolute atomic E-state index is 10.8. The summed E-state index contributed by atoms with van der Waals surface area (Å²) < 4.78 is 10.8. The lowest BCUT2D eigenvalue weighted by atomic mass is 10.2. The minimum Gasteiger partial charge on any atom is -0.353 e. The van der Waals surface area contributed by atoms with Gasteiger partial charge < -0.3 is 14.8 Å². The number of terminal acetylenes is 1. The highest BCUT2D eigenvalue weighted by molar-refractivity contribution is 5.73. The third-order valence-electron chi connectivity index (χ3n) is 2.17. The average molecular weight is 211 g/mol. The molecule has 0 aromatic carbocycles. The van der Waals surface area contributed by atoms with Gasteiger partial charge in [-0.25, -0.2) is 0 Å². The van der Waals surface area contributed by atoms with E-state index in [0.717, 1.165) is 25.9 Å². The SMILES string of the molecule is C#CC(COC1CCCCO1)NC(C)=O. The van der Waals surface area contributed by atoms with Gasteiger partial charge in [0.05, 0.1) is 6.61 Å². The highest BCUT2D eigenvalue weighted by atomic mass is 16.7. The first-order chi connectivity index (χ1) is 7.22. The maximum atomic E-state index is 10.8. The third-order valence-corrected chi connectivity index (χ3v) is 2.17. The molecule has 0 radical (unpaired) electrons. The summed E-state index contributed by atoms with van der Waals surface area (Å²) in [4.78, 5) is 10.8. The first-order valence-corrected chi connectivity index (χ1v) is 5.19. The number of amides is 1. The van der Waals surface area contributed by atoms with Crippen LogP contribution in [0.2, 0.25) is 0 Å². The second-order valence-corrected chi connectivity index (χ2v) is 3.55. The molecule has 1 rings (SSSR count). The predicted molar refractivity (Wildman–Crippen MR) is 56.0 cm³/mol. The van der Waals surface area contributed by atoms with Crippen LogP contribution in [0.4, 0.5) is 0 Å². The Labute approximate surface area is 90.3 Å². The number of carbonyl (C=O) groups excluding carboxylic acids is 1. The molecular weight excluding hydrogens is 194 g/mol. The summed E-state index contributed by atoms with van der Waals surface area (Å²) in [5, 5.41) is 2.61. The third kappa shape index (κ3) is 4.82. The molecule has 1 N–H and O–H groups in total. The van der Waals surface area contributed by atoms with Gasteiger partial charge in [-0.2, -0.15) is 0 Å². The zero-order valence-electron chi connectivity index (χ0n) is 8.99. The van der Waals surface area contributed by atoms with E-state index in [-0.39, 0.29) is 18.2 Å². The molecule has 4 nitrogen and oxygen atoms in total. The Bertz CT molecular complexity index is 241. The molecule has 4 heteroatoms. The first kappa shape index (κ1) is 12.0. The molecule has 84 valence electrons. The normalized spacial score (nSPS) is 22.8. The van der Waals surface area contributed by atoms with Crippen LogP contribution in [-0.4, -0.2) is 31.5 Å². The summed E-state index contributed by atoms with van der Waals surface area (Å²) >= 11 is 0. The molecular formula is C11H17NO3.